The third-order valence-electron chi connectivity index (χ3n) is 5.61. The first-order chi connectivity index (χ1) is 17.5. The molecule has 0 atom stereocenters. The molecule has 5 aromatic rings. The molecule has 0 spiro atoms. The Morgan fingerprint density at radius 1 is 1.00 bits per heavy atom. The minimum absolute atomic E-state index is 0.373. The van der Waals surface area contributed by atoms with Gasteiger partial charge < -0.3 is 20.5 Å². The van der Waals surface area contributed by atoms with Gasteiger partial charge in [0.15, 0.2) is 17.1 Å². The predicted octanol–water partition coefficient (Wildman–Crippen LogP) is 6.10. The van der Waals surface area contributed by atoms with E-state index < -0.39 is 0 Å². The largest absolute Gasteiger partial charge is 0.493 e. The van der Waals surface area contributed by atoms with E-state index in [1.807, 2.05) is 24.3 Å². The van der Waals surface area contributed by atoms with Crippen LogP contribution in [-0.4, -0.2) is 40.5 Å². The molecule has 0 aliphatic carbocycles. The zero-order valence-corrected chi connectivity index (χ0v) is 21.8. The summed E-state index contributed by atoms with van der Waals surface area (Å²) in [5.74, 6) is 2.01. The number of anilines is 2. The van der Waals surface area contributed by atoms with Gasteiger partial charge in [0.25, 0.3) is 0 Å². The van der Waals surface area contributed by atoms with E-state index in [2.05, 4.69) is 26.8 Å². The van der Waals surface area contributed by atoms with Crippen molar-refractivity contribution in [1.82, 2.24) is 19.7 Å². The zero-order valence-electron chi connectivity index (χ0n) is 19.5. The summed E-state index contributed by atoms with van der Waals surface area (Å²) in [4.78, 5) is 10.8. The van der Waals surface area contributed by atoms with Gasteiger partial charge in [-0.25, -0.2) is 9.67 Å². The van der Waals surface area contributed by atoms with Crippen molar-refractivity contribution in [2.24, 2.45) is 0 Å². The van der Waals surface area contributed by atoms with E-state index in [4.69, 9.17) is 43.4 Å². The summed E-state index contributed by atoms with van der Waals surface area (Å²) in [5.41, 5.74) is 9.10. The van der Waals surface area contributed by atoms with E-state index in [0.717, 1.165) is 12.0 Å². The molecule has 36 heavy (non-hydrogen) atoms. The average Bonchev–Trinajstić information content (AvgIpc) is 3.53. The number of hydrogen-bond donors (Lipinski definition) is 2. The zero-order chi connectivity index (χ0) is 25.2. The third-order valence-corrected chi connectivity index (χ3v) is 7.28. The summed E-state index contributed by atoms with van der Waals surface area (Å²) in [5, 5.41) is 11.5. The Kier molecular flexibility index (Phi) is 6.86. The number of methoxy groups -OCH3 is 2. The highest BCUT2D eigenvalue weighted by Gasteiger charge is 2.20. The number of ether oxygens (including phenoxy) is 2. The first kappa shape index (κ1) is 24.2. The van der Waals surface area contributed by atoms with Crippen LogP contribution in [0.25, 0.3) is 28.0 Å². The lowest BCUT2D eigenvalue weighted by atomic mass is 10.1. The van der Waals surface area contributed by atoms with Gasteiger partial charge in [0.2, 0.25) is 5.95 Å². The molecule has 0 unspecified atom stereocenters. The maximum atomic E-state index is 6.61. The van der Waals surface area contributed by atoms with E-state index in [0.29, 0.717) is 62.3 Å². The summed E-state index contributed by atoms with van der Waals surface area (Å²) in [6.45, 7) is 0.667. The number of rotatable bonds is 8. The van der Waals surface area contributed by atoms with Crippen molar-refractivity contribution in [2.75, 3.05) is 31.8 Å². The van der Waals surface area contributed by atoms with E-state index >= 15 is 0 Å². The minimum atomic E-state index is 0.373. The van der Waals surface area contributed by atoms with E-state index in [9.17, 15) is 0 Å². The lowest BCUT2D eigenvalue weighted by molar-refractivity contribution is 0.355. The first-order valence-corrected chi connectivity index (χ1v) is 12.6. The predicted molar refractivity (Wildman–Crippen MR) is 146 cm³/mol. The summed E-state index contributed by atoms with van der Waals surface area (Å²) in [6.07, 6.45) is 0.852. The number of nitrogen functional groups attached to an aromatic ring is 1. The number of nitrogens with one attached hydrogen (secondary N) is 1. The van der Waals surface area contributed by atoms with Crippen LogP contribution in [0.4, 0.5) is 11.8 Å². The Labute approximate surface area is 221 Å². The van der Waals surface area contributed by atoms with E-state index in [-0.39, 0.29) is 0 Å². The van der Waals surface area contributed by atoms with Gasteiger partial charge in [-0.15, -0.1) is 16.4 Å². The molecule has 0 aliphatic heterocycles. The third kappa shape index (κ3) is 4.65. The lowest BCUT2D eigenvalue weighted by Crippen LogP contribution is -2.08. The summed E-state index contributed by atoms with van der Waals surface area (Å²) in [7, 11) is 3.18. The SMILES string of the molecule is COc1ccc(-c2nc(NCCc3cccs3)nc3nn(-c4ccc(Cl)c(Cl)c4)c(N)c23)cc1OC. The fraction of sp³-hybridized carbons (Fsp3) is 0.160. The van der Waals surface area contributed by atoms with Crippen molar-refractivity contribution in [2.45, 2.75) is 6.42 Å². The number of thiophene rings is 1. The van der Waals surface area contributed by atoms with Gasteiger partial charge in [-0.1, -0.05) is 29.3 Å². The molecule has 0 fully saturated rings. The molecule has 0 bridgehead atoms. The van der Waals surface area contributed by atoms with Crippen LogP contribution in [0.15, 0.2) is 53.9 Å². The van der Waals surface area contributed by atoms with Crippen LogP contribution in [0.3, 0.4) is 0 Å². The van der Waals surface area contributed by atoms with E-state index in [1.165, 1.54) is 4.88 Å². The van der Waals surface area contributed by atoms with Gasteiger partial charge in [0, 0.05) is 17.0 Å². The Morgan fingerprint density at radius 3 is 2.56 bits per heavy atom. The summed E-state index contributed by atoms with van der Waals surface area (Å²) in [6, 6.07) is 14.9. The molecule has 11 heteroatoms. The molecule has 8 nitrogen and oxygen atoms in total. The van der Waals surface area contributed by atoms with Crippen LogP contribution < -0.4 is 20.5 Å². The van der Waals surface area contributed by atoms with Gasteiger partial charge in [0.1, 0.15) is 5.82 Å². The molecular weight excluding hydrogens is 519 g/mol. The van der Waals surface area contributed by atoms with Crippen LogP contribution in [0.1, 0.15) is 4.88 Å². The molecule has 2 aromatic carbocycles. The van der Waals surface area contributed by atoms with Crippen LogP contribution in [0.2, 0.25) is 10.0 Å². The van der Waals surface area contributed by atoms with Crippen molar-refractivity contribution in [3.8, 4) is 28.4 Å². The topological polar surface area (TPSA) is 100 Å². The van der Waals surface area contributed by atoms with Gasteiger partial charge in [-0.05, 0) is 54.3 Å². The second-order valence-corrected chi connectivity index (χ2v) is 9.66. The number of aromatic nitrogens is 4. The molecule has 3 heterocycles. The highest BCUT2D eigenvalue weighted by molar-refractivity contribution is 7.09. The Hall–Kier alpha value is -3.53. The minimum Gasteiger partial charge on any atom is -0.493 e. The Bertz CT molecular complexity index is 1540. The molecule has 0 saturated heterocycles. The Morgan fingerprint density at radius 2 is 1.83 bits per heavy atom. The van der Waals surface area contributed by atoms with Crippen molar-refractivity contribution in [3.05, 3.63) is 68.8 Å². The highest BCUT2D eigenvalue weighted by atomic mass is 35.5. The second-order valence-electron chi connectivity index (χ2n) is 7.82. The van der Waals surface area contributed by atoms with Gasteiger partial charge >= 0.3 is 0 Å². The fourth-order valence-electron chi connectivity index (χ4n) is 3.85. The van der Waals surface area contributed by atoms with Crippen molar-refractivity contribution < 1.29 is 9.47 Å². The fourth-order valence-corrected chi connectivity index (χ4v) is 4.85. The molecule has 0 radical (unpaired) electrons. The molecule has 3 aromatic heterocycles. The highest BCUT2D eigenvalue weighted by Crippen LogP contribution is 2.37. The maximum Gasteiger partial charge on any atom is 0.225 e. The number of nitrogens with zero attached hydrogens (tertiary/aromatic N) is 4. The number of nitrogens with two attached hydrogens (primary N) is 1. The van der Waals surface area contributed by atoms with Gasteiger partial charge in [-0.2, -0.15) is 4.98 Å². The molecule has 0 amide bonds. The van der Waals surface area contributed by atoms with Crippen LogP contribution >= 0.6 is 34.5 Å². The number of hydrogen-bond acceptors (Lipinski definition) is 8. The smallest absolute Gasteiger partial charge is 0.225 e. The summed E-state index contributed by atoms with van der Waals surface area (Å²) >= 11 is 14.1. The lowest BCUT2D eigenvalue weighted by Gasteiger charge is -2.11. The van der Waals surface area contributed by atoms with Crippen molar-refractivity contribution in [3.63, 3.8) is 0 Å². The number of benzene rings is 2. The molecular formula is C25H22Cl2N6O2S. The van der Waals surface area contributed by atoms with E-state index in [1.54, 1.807) is 48.4 Å². The number of halogens is 2. The average molecular weight is 541 g/mol. The van der Waals surface area contributed by atoms with Crippen LogP contribution in [0.5, 0.6) is 11.5 Å². The quantitative estimate of drug-likeness (QED) is 0.245. The number of fused-ring (bicyclic) bond motifs is 1. The monoisotopic (exact) mass is 540 g/mol. The molecule has 0 saturated carbocycles. The van der Waals surface area contributed by atoms with Gasteiger partial charge in [-0.3, -0.25) is 0 Å². The van der Waals surface area contributed by atoms with Crippen LogP contribution in [-0.2, 0) is 6.42 Å². The Balaban J connectivity index is 1.63. The van der Waals surface area contributed by atoms with Gasteiger partial charge in [0.05, 0.1) is 41.0 Å². The normalized spacial score (nSPS) is 11.1. The first-order valence-electron chi connectivity index (χ1n) is 11.0. The summed E-state index contributed by atoms with van der Waals surface area (Å²) < 4.78 is 12.5. The standard InChI is InChI=1S/C25H22Cl2N6O2S/c1-34-19-8-5-14(12-20(19)35-2)22-21-23(28)33(15-6-7-17(26)18(27)13-15)32-24(21)31-25(30-22)29-10-9-16-4-3-11-36-16/h3-8,11-13H,9-10,28H2,1-2H3,(H,29,31,32). The second kappa shape index (κ2) is 10.2. The molecule has 184 valence electrons. The molecule has 3 N–H and O–H groups in total. The molecule has 0 aliphatic rings. The van der Waals surface area contributed by atoms with Crippen LogP contribution in [0, 0.1) is 0 Å². The van der Waals surface area contributed by atoms with Crippen molar-refractivity contribution in [1.29, 1.82) is 0 Å². The molecule has 5 rings (SSSR count). The maximum absolute atomic E-state index is 6.61. The van der Waals surface area contributed by atoms with Crippen molar-refractivity contribution >= 4 is 57.3 Å².